The van der Waals surface area contributed by atoms with Crippen molar-refractivity contribution in [2.75, 3.05) is 0 Å². The molecule has 134 valence electrons. The van der Waals surface area contributed by atoms with Crippen molar-refractivity contribution in [2.24, 2.45) is 0 Å². The fourth-order valence-electron chi connectivity index (χ4n) is 4.38. The van der Waals surface area contributed by atoms with Crippen LogP contribution in [0.1, 0.15) is 37.0 Å². The lowest BCUT2D eigenvalue weighted by molar-refractivity contribution is 0.746. The predicted molar refractivity (Wildman–Crippen MR) is 124 cm³/mol. The summed E-state index contributed by atoms with van der Waals surface area (Å²) in [5.41, 5.74) is 7.91. The van der Waals surface area contributed by atoms with Crippen molar-refractivity contribution in [1.82, 2.24) is 0 Å². The van der Waals surface area contributed by atoms with Crippen LogP contribution in [0.2, 0.25) is 0 Å². The maximum atomic E-state index is 2.43. The van der Waals surface area contributed by atoms with Crippen molar-refractivity contribution in [3.05, 3.63) is 117 Å². The van der Waals surface area contributed by atoms with E-state index in [0.29, 0.717) is 0 Å². The highest BCUT2D eigenvalue weighted by Gasteiger charge is 2.45. The number of fused-ring (bicyclic) bond motifs is 3. The summed E-state index contributed by atoms with van der Waals surface area (Å²) in [4.78, 5) is 0. The number of hydrogen-bond donors (Lipinski definition) is 0. The van der Waals surface area contributed by atoms with E-state index in [1.807, 2.05) is 0 Å². The van der Waals surface area contributed by atoms with Gasteiger partial charge in [-0.2, -0.15) is 0 Å². The summed E-state index contributed by atoms with van der Waals surface area (Å²) in [5, 5.41) is 0. The normalized spacial score (nSPS) is 18.6. The first-order valence-electron chi connectivity index (χ1n) is 9.49. The fraction of sp³-hybridized carbons (Fsp3) is 0.154. The van der Waals surface area contributed by atoms with Crippen molar-refractivity contribution in [2.45, 2.75) is 25.7 Å². The van der Waals surface area contributed by atoms with Crippen LogP contribution >= 0.6 is 22.6 Å². The summed E-state index contributed by atoms with van der Waals surface area (Å²) < 4.78 is 1.27. The average Bonchev–Trinajstić information content (AvgIpc) is 2.99. The molecule has 0 bridgehead atoms. The van der Waals surface area contributed by atoms with Gasteiger partial charge in [-0.15, -0.1) is 0 Å². The third-order valence-corrected chi connectivity index (χ3v) is 6.19. The van der Waals surface area contributed by atoms with Crippen LogP contribution in [0.15, 0.2) is 96.6 Å². The van der Waals surface area contributed by atoms with E-state index in [2.05, 4.69) is 127 Å². The molecule has 0 fully saturated rings. The first kappa shape index (κ1) is 18.2. The molecular formula is C26H23I. The van der Waals surface area contributed by atoms with Crippen molar-refractivity contribution in [3.8, 4) is 11.1 Å². The molecule has 3 aromatic rings. The molecule has 0 nitrogen and oxygen atoms in total. The van der Waals surface area contributed by atoms with Gasteiger partial charge in [0.2, 0.25) is 0 Å². The molecule has 1 heteroatoms. The summed E-state index contributed by atoms with van der Waals surface area (Å²) in [6, 6.07) is 26.7. The van der Waals surface area contributed by atoms with Gasteiger partial charge in [-0.1, -0.05) is 91.4 Å². The first-order valence-corrected chi connectivity index (χ1v) is 10.6. The minimum atomic E-state index is -0.244. The van der Waals surface area contributed by atoms with E-state index in [4.69, 9.17) is 0 Å². The molecular weight excluding hydrogens is 439 g/mol. The largest absolute Gasteiger partial charge is 0.0848 e. The summed E-state index contributed by atoms with van der Waals surface area (Å²) in [6.45, 7) is 4.45. The predicted octanol–water partition coefficient (Wildman–Crippen LogP) is 7.52. The van der Waals surface area contributed by atoms with Crippen molar-refractivity contribution < 1.29 is 0 Å². The van der Waals surface area contributed by atoms with Crippen LogP contribution in [-0.2, 0) is 5.41 Å². The van der Waals surface area contributed by atoms with Crippen molar-refractivity contribution in [1.29, 1.82) is 0 Å². The van der Waals surface area contributed by atoms with Gasteiger partial charge >= 0.3 is 0 Å². The van der Waals surface area contributed by atoms with Gasteiger partial charge in [0.1, 0.15) is 0 Å². The molecule has 1 aliphatic rings. The van der Waals surface area contributed by atoms with E-state index in [1.165, 1.54) is 37.0 Å². The van der Waals surface area contributed by atoms with Crippen LogP contribution in [0.5, 0.6) is 0 Å². The number of halogens is 1. The SMILES string of the molecule is CC/C=C\C=C(/C)C1(c2ccccc2)c2ccccc2-c2ccc(I)cc21. The highest BCUT2D eigenvalue weighted by molar-refractivity contribution is 14.1. The third-order valence-electron chi connectivity index (χ3n) is 5.52. The van der Waals surface area contributed by atoms with E-state index in [-0.39, 0.29) is 5.41 Å². The molecule has 4 rings (SSSR count). The van der Waals surface area contributed by atoms with E-state index < -0.39 is 0 Å². The number of allylic oxidation sites excluding steroid dienone is 4. The van der Waals surface area contributed by atoms with E-state index in [1.54, 1.807) is 0 Å². The van der Waals surface area contributed by atoms with E-state index in [9.17, 15) is 0 Å². The summed E-state index contributed by atoms with van der Waals surface area (Å²) in [6.07, 6.45) is 7.77. The Balaban J connectivity index is 2.12. The molecule has 0 saturated heterocycles. The zero-order valence-corrected chi connectivity index (χ0v) is 17.9. The molecule has 1 atom stereocenters. The molecule has 1 unspecified atom stereocenters. The first-order chi connectivity index (χ1) is 13.2. The molecule has 0 heterocycles. The van der Waals surface area contributed by atoms with Crippen LogP contribution in [0.3, 0.4) is 0 Å². The maximum absolute atomic E-state index is 2.43. The van der Waals surface area contributed by atoms with Gasteiger partial charge < -0.3 is 0 Å². The van der Waals surface area contributed by atoms with Gasteiger partial charge in [-0.3, -0.25) is 0 Å². The Hall–Kier alpha value is -2.13. The van der Waals surface area contributed by atoms with Crippen LogP contribution < -0.4 is 0 Å². The van der Waals surface area contributed by atoms with Gasteiger partial charge in [0.15, 0.2) is 0 Å². The Morgan fingerprint density at radius 2 is 1.59 bits per heavy atom. The summed E-state index contributed by atoms with van der Waals surface area (Å²) in [7, 11) is 0. The summed E-state index contributed by atoms with van der Waals surface area (Å²) >= 11 is 2.43. The standard InChI is InChI=1S/C26H23I/c1-3-4-6-11-19(2)26(20-12-7-5-8-13-20)24-15-10-9-14-22(24)23-17-16-21(27)18-25(23)26/h4-18H,3H2,1-2H3/b6-4-,19-11+. The molecule has 1 aliphatic carbocycles. The molecule has 27 heavy (non-hydrogen) atoms. The third kappa shape index (κ3) is 2.89. The van der Waals surface area contributed by atoms with E-state index in [0.717, 1.165) is 6.42 Å². The molecule has 0 aliphatic heterocycles. The molecule has 3 aromatic carbocycles. The second-order valence-electron chi connectivity index (χ2n) is 7.04. The number of benzene rings is 3. The second-order valence-corrected chi connectivity index (χ2v) is 8.28. The average molecular weight is 462 g/mol. The lowest BCUT2D eigenvalue weighted by atomic mass is 9.67. The van der Waals surface area contributed by atoms with Gasteiger partial charge in [0, 0.05) is 3.57 Å². The molecule has 0 aromatic heterocycles. The maximum Gasteiger partial charge on any atom is 0.0674 e. The van der Waals surface area contributed by atoms with Gasteiger partial charge in [0.05, 0.1) is 5.41 Å². The Labute approximate surface area is 175 Å². The highest BCUT2D eigenvalue weighted by Crippen LogP contribution is 2.56. The Kier molecular flexibility index (Phi) is 5.05. The Morgan fingerprint density at radius 3 is 2.37 bits per heavy atom. The molecule has 0 amide bonds. The Bertz CT molecular complexity index is 1030. The molecule has 0 N–H and O–H groups in total. The smallest absolute Gasteiger partial charge is 0.0674 e. The van der Waals surface area contributed by atoms with Crippen molar-refractivity contribution >= 4 is 22.6 Å². The Morgan fingerprint density at radius 1 is 0.889 bits per heavy atom. The second kappa shape index (κ2) is 7.47. The molecule has 0 radical (unpaired) electrons. The van der Waals surface area contributed by atoms with Crippen LogP contribution in [0.4, 0.5) is 0 Å². The number of rotatable bonds is 4. The van der Waals surface area contributed by atoms with Crippen LogP contribution in [0.25, 0.3) is 11.1 Å². The van der Waals surface area contributed by atoms with Gasteiger partial charge in [-0.05, 0) is 75.9 Å². The fourth-order valence-corrected chi connectivity index (χ4v) is 4.87. The van der Waals surface area contributed by atoms with Crippen LogP contribution in [0, 0.1) is 3.57 Å². The van der Waals surface area contributed by atoms with Crippen LogP contribution in [-0.4, -0.2) is 0 Å². The zero-order chi connectivity index (χ0) is 18.9. The van der Waals surface area contributed by atoms with Crippen molar-refractivity contribution in [3.63, 3.8) is 0 Å². The zero-order valence-electron chi connectivity index (χ0n) is 15.7. The minimum absolute atomic E-state index is 0.244. The van der Waals surface area contributed by atoms with E-state index >= 15 is 0 Å². The summed E-state index contributed by atoms with van der Waals surface area (Å²) in [5.74, 6) is 0. The number of hydrogen-bond acceptors (Lipinski definition) is 0. The molecule has 0 saturated carbocycles. The lowest BCUT2D eigenvalue weighted by Gasteiger charge is -2.34. The quantitative estimate of drug-likeness (QED) is 0.278. The van der Waals surface area contributed by atoms with Gasteiger partial charge in [-0.25, -0.2) is 0 Å². The molecule has 0 spiro atoms. The highest BCUT2D eigenvalue weighted by atomic mass is 127. The monoisotopic (exact) mass is 462 g/mol. The van der Waals surface area contributed by atoms with Gasteiger partial charge in [0.25, 0.3) is 0 Å². The minimum Gasteiger partial charge on any atom is -0.0848 e. The topological polar surface area (TPSA) is 0 Å². The lowest BCUT2D eigenvalue weighted by Crippen LogP contribution is -2.28.